The molecule has 0 aromatic heterocycles. The lowest BCUT2D eigenvalue weighted by Gasteiger charge is -2.07. The second-order valence-electron chi connectivity index (χ2n) is 3.77. The van der Waals surface area contributed by atoms with Crippen molar-refractivity contribution in [3.8, 4) is 5.75 Å². The maximum Gasteiger partial charge on any atom is 0.255 e. The molecule has 0 aliphatic carbocycles. The highest BCUT2D eigenvalue weighted by molar-refractivity contribution is 5.52. The number of halogens is 2. The molecular weight excluding hydrogens is 214 g/mol. The lowest BCUT2D eigenvalue weighted by molar-refractivity contribution is 0.163. The Bertz CT molecular complexity index is 371. The van der Waals surface area contributed by atoms with E-state index in [1.807, 2.05) is 6.07 Å². The summed E-state index contributed by atoms with van der Waals surface area (Å²) in [5.41, 5.74) is 7.23. The Morgan fingerprint density at radius 3 is 3.00 bits per heavy atom. The van der Waals surface area contributed by atoms with E-state index in [9.17, 15) is 8.78 Å². The predicted octanol–water partition coefficient (Wildman–Crippen LogP) is 1.63. The minimum Gasteiger partial charge on any atom is -0.488 e. The van der Waals surface area contributed by atoms with Crippen molar-refractivity contribution < 1.29 is 13.5 Å². The predicted molar refractivity (Wildman–Crippen MR) is 58.1 cm³/mol. The lowest BCUT2D eigenvalue weighted by atomic mass is 10.1. The monoisotopic (exact) mass is 228 g/mol. The van der Waals surface area contributed by atoms with E-state index in [0.29, 0.717) is 12.2 Å². The van der Waals surface area contributed by atoms with Gasteiger partial charge >= 0.3 is 0 Å². The fraction of sp³-hybridized carbons (Fsp3) is 0.455. The van der Waals surface area contributed by atoms with Crippen LogP contribution in [0.25, 0.3) is 0 Å². The van der Waals surface area contributed by atoms with Gasteiger partial charge in [-0.1, -0.05) is 0 Å². The molecule has 1 aromatic rings. The van der Waals surface area contributed by atoms with Gasteiger partial charge in [-0.15, -0.1) is 0 Å². The van der Waals surface area contributed by atoms with Crippen molar-refractivity contribution in [2.24, 2.45) is 5.73 Å². The van der Waals surface area contributed by atoms with Gasteiger partial charge in [0.25, 0.3) is 6.43 Å². The number of hydrogen-bond acceptors (Lipinski definition) is 3. The van der Waals surface area contributed by atoms with Crippen LogP contribution in [0.4, 0.5) is 14.5 Å². The SMILES string of the molecule is NCC1Cc2cc(NCC(F)F)ccc2O1. The molecule has 1 atom stereocenters. The number of fused-ring (bicyclic) bond motifs is 1. The third-order valence-electron chi connectivity index (χ3n) is 2.53. The molecule has 16 heavy (non-hydrogen) atoms. The highest BCUT2D eigenvalue weighted by atomic mass is 19.3. The van der Waals surface area contributed by atoms with Crippen molar-refractivity contribution in [2.45, 2.75) is 19.0 Å². The number of rotatable bonds is 4. The fourth-order valence-electron chi connectivity index (χ4n) is 1.76. The van der Waals surface area contributed by atoms with Crippen LogP contribution < -0.4 is 15.8 Å². The lowest BCUT2D eigenvalue weighted by Crippen LogP contribution is -2.24. The van der Waals surface area contributed by atoms with Crippen LogP contribution in [0.5, 0.6) is 5.75 Å². The first-order valence-corrected chi connectivity index (χ1v) is 5.20. The zero-order chi connectivity index (χ0) is 11.5. The standard InChI is InChI=1S/C11H14F2N2O/c12-11(13)6-15-8-1-2-10-7(3-8)4-9(5-14)16-10/h1-3,9,11,15H,4-6,14H2. The molecule has 1 aliphatic heterocycles. The molecule has 2 rings (SSSR count). The second kappa shape index (κ2) is 4.65. The van der Waals surface area contributed by atoms with Crippen LogP contribution in [-0.2, 0) is 6.42 Å². The zero-order valence-electron chi connectivity index (χ0n) is 8.75. The van der Waals surface area contributed by atoms with E-state index < -0.39 is 6.43 Å². The molecule has 0 radical (unpaired) electrons. The molecule has 1 aliphatic rings. The van der Waals surface area contributed by atoms with Crippen molar-refractivity contribution in [2.75, 3.05) is 18.4 Å². The van der Waals surface area contributed by atoms with Gasteiger partial charge in [-0.25, -0.2) is 8.78 Å². The molecule has 3 nitrogen and oxygen atoms in total. The Labute approximate surface area is 92.6 Å². The first kappa shape index (κ1) is 11.1. The van der Waals surface area contributed by atoms with Gasteiger partial charge in [0.2, 0.25) is 0 Å². The van der Waals surface area contributed by atoms with Gasteiger partial charge < -0.3 is 15.8 Å². The first-order chi connectivity index (χ1) is 7.69. The summed E-state index contributed by atoms with van der Waals surface area (Å²) >= 11 is 0. The highest BCUT2D eigenvalue weighted by Gasteiger charge is 2.21. The summed E-state index contributed by atoms with van der Waals surface area (Å²) in [6.07, 6.45) is -1.59. The quantitative estimate of drug-likeness (QED) is 0.823. The molecule has 0 spiro atoms. The smallest absolute Gasteiger partial charge is 0.255 e. The van der Waals surface area contributed by atoms with Crippen LogP contribution in [0, 0.1) is 0 Å². The van der Waals surface area contributed by atoms with E-state index in [2.05, 4.69) is 5.32 Å². The molecule has 0 saturated heterocycles. The topological polar surface area (TPSA) is 47.3 Å². The average molecular weight is 228 g/mol. The van der Waals surface area contributed by atoms with Gasteiger partial charge in [-0.2, -0.15) is 0 Å². The van der Waals surface area contributed by atoms with Crippen LogP contribution in [0.2, 0.25) is 0 Å². The molecule has 1 aromatic carbocycles. The number of hydrogen-bond donors (Lipinski definition) is 2. The van der Waals surface area contributed by atoms with Gasteiger partial charge in [0.05, 0.1) is 6.54 Å². The largest absolute Gasteiger partial charge is 0.488 e. The van der Waals surface area contributed by atoms with Crippen LogP contribution in [0.15, 0.2) is 18.2 Å². The number of alkyl halides is 2. The van der Waals surface area contributed by atoms with Crippen molar-refractivity contribution >= 4 is 5.69 Å². The Hall–Kier alpha value is -1.36. The maximum absolute atomic E-state index is 12.0. The fourth-order valence-corrected chi connectivity index (χ4v) is 1.76. The van der Waals surface area contributed by atoms with Crippen molar-refractivity contribution in [1.82, 2.24) is 0 Å². The van der Waals surface area contributed by atoms with Gasteiger partial charge in [0.1, 0.15) is 11.9 Å². The molecule has 1 heterocycles. The van der Waals surface area contributed by atoms with Crippen molar-refractivity contribution in [3.05, 3.63) is 23.8 Å². The third kappa shape index (κ3) is 2.41. The van der Waals surface area contributed by atoms with E-state index in [1.165, 1.54) is 0 Å². The van der Waals surface area contributed by atoms with Crippen molar-refractivity contribution in [1.29, 1.82) is 0 Å². The van der Waals surface area contributed by atoms with Gasteiger partial charge in [-0.05, 0) is 23.8 Å². The molecule has 0 fully saturated rings. The van der Waals surface area contributed by atoms with Gasteiger partial charge in [0.15, 0.2) is 0 Å². The summed E-state index contributed by atoms with van der Waals surface area (Å²) in [6, 6.07) is 5.37. The van der Waals surface area contributed by atoms with Crippen LogP contribution in [0.1, 0.15) is 5.56 Å². The molecule has 88 valence electrons. The minimum absolute atomic E-state index is 0.0142. The number of anilines is 1. The zero-order valence-corrected chi connectivity index (χ0v) is 8.75. The Morgan fingerprint density at radius 2 is 2.31 bits per heavy atom. The van der Waals surface area contributed by atoms with E-state index in [0.717, 1.165) is 17.7 Å². The molecule has 1 unspecified atom stereocenters. The third-order valence-corrected chi connectivity index (χ3v) is 2.53. The van der Waals surface area contributed by atoms with E-state index >= 15 is 0 Å². The van der Waals surface area contributed by atoms with Crippen LogP contribution in [0.3, 0.4) is 0 Å². The number of benzene rings is 1. The van der Waals surface area contributed by atoms with Crippen molar-refractivity contribution in [3.63, 3.8) is 0 Å². The van der Waals surface area contributed by atoms with Crippen LogP contribution in [-0.4, -0.2) is 25.6 Å². The summed E-state index contributed by atoms with van der Waals surface area (Å²) in [5, 5.41) is 2.67. The normalized spacial score (nSPS) is 18.4. The summed E-state index contributed by atoms with van der Waals surface area (Å²) in [4.78, 5) is 0. The summed E-state index contributed by atoms with van der Waals surface area (Å²) in [6.45, 7) is 0.133. The second-order valence-corrected chi connectivity index (χ2v) is 3.77. The first-order valence-electron chi connectivity index (χ1n) is 5.20. The van der Waals surface area contributed by atoms with E-state index in [-0.39, 0.29) is 12.6 Å². The van der Waals surface area contributed by atoms with Gasteiger partial charge in [0, 0.05) is 18.7 Å². The number of ether oxygens (including phenoxy) is 1. The summed E-state index contributed by atoms with van der Waals surface area (Å²) < 4.78 is 29.6. The minimum atomic E-state index is -2.35. The Balaban J connectivity index is 2.04. The van der Waals surface area contributed by atoms with E-state index in [4.69, 9.17) is 10.5 Å². The average Bonchev–Trinajstić information content (AvgIpc) is 2.68. The molecule has 0 amide bonds. The Morgan fingerprint density at radius 1 is 1.50 bits per heavy atom. The van der Waals surface area contributed by atoms with Crippen LogP contribution >= 0.6 is 0 Å². The summed E-state index contributed by atoms with van der Waals surface area (Å²) in [7, 11) is 0. The molecule has 5 heteroatoms. The summed E-state index contributed by atoms with van der Waals surface area (Å²) in [5.74, 6) is 0.804. The molecule has 0 saturated carbocycles. The van der Waals surface area contributed by atoms with E-state index in [1.54, 1.807) is 12.1 Å². The number of nitrogens with one attached hydrogen (secondary N) is 1. The number of nitrogens with two attached hydrogens (primary N) is 1. The maximum atomic E-state index is 12.0. The molecule has 0 bridgehead atoms. The highest BCUT2D eigenvalue weighted by Crippen LogP contribution is 2.30. The molecular formula is C11H14F2N2O. The molecule has 3 N–H and O–H groups in total. The Kier molecular flexibility index (Phi) is 3.24. The van der Waals surface area contributed by atoms with Gasteiger partial charge in [-0.3, -0.25) is 0 Å².